The molecule has 2 aromatic rings. The van der Waals surface area contributed by atoms with Crippen molar-refractivity contribution in [3.8, 4) is 0 Å². The number of carbonyl (C=O) groups is 1. The zero-order chi connectivity index (χ0) is 22.3. The van der Waals surface area contributed by atoms with Gasteiger partial charge in [0.2, 0.25) is 0 Å². The molecule has 166 valence electrons. The number of benzene rings is 2. The van der Waals surface area contributed by atoms with E-state index < -0.39 is 11.7 Å². The van der Waals surface area contributed by atoms with E-state index in [1.807, 2.05) is 19.1 Å². The highest BCUT2D eigenvalue weighted by molar-refractivity contribution is 5.77. The van der Waals surface area contributed by atoms with Crippen LogP contribution in [0.3, 0.4) is 0 Å². The van der Waals surface area contributed by atoms with E-state index in [4.69, 9.17) is 4.84 Å². The fraction of sp³-hybridized carbons (Fsp3) is 0.440. The first-order chi connectivity index (χ1) is 14.9. The van der Waals surface area contributed by atoms with Gasteiger partial charge in [0.05, 0.1) is 5.56 Å². The summed E-state index contributed by atoms with van der Waals surface area (Å²) in [7, 11) is 0. The molecular formula is C25H28F3NO2. The molecule has 2 aromatic carbocycles. The number of oxime groups is 1. The summed E-state index contributed by atoms with van der Waals surface area (Å²) in [6.07, 6.45) is 4.02. The monoisotopic (exact) mass is 431 g/mol. The lowest BCUT2D eigenvalue weighted by Crippen LogP contribution is -2.14. The number of rotatable bonds is 8. The van der Waals surface area contributed by atoms with E-state index >= 15 is 0 Å². The molecule has 0 bridgehead atoms. The van der Waals surface area contributed by atoms with Gasteiger partial charge in [0.25, 0.3) is 0 Å². The third kappa shape index (κ3) is 6.18. The van der Waals surface area contributed by atoms with E-state index in [1.165, 1.54) is 6.07 Å². The fourth-order valence-electron chi connectivity index (χ4n) is 4.22. The van der Waals surface area contributed by atoms with Crippen LogP contribution in [0.25, 0.3) is 0 Å². The first-order valence-corrected chi connectivity index (χ1v) is 10.8. The molecule has 0 spiro atoms. The second-order valence-electron chi connectivity index (χ2n) is 8.02. The topological polar surface area (TPSA) is 38.7 Å². The molecule has 1 saturated carbocycles. The summed E-state index contributed by atoms with van der Waals surface area (Å²) in [5.74, 6) is -0.0167. The van der Waals surface area contributed by atoms with Gasteiger partial charge in [0.1, 0.15) is 12.9 Å². The number of alkyl halides is 3. The smallest absolute Gasteiger partial charge is 0.391 e. The van der Waals surface area contributed by atoms with Crippen molar-refractivity contribution in [2.24, 2.45) is 5.16 Å². The second kappa shape index (κ2) is 10.6. The molecule has 6 heteroatoms. The molecule has 0 saturated heterocycles. The lowest BCUT2D eigenvalue weighted by molar-refractivity contribution is -0.138. The molecule has 0 unspecified atom stereocenters. The maximum atomic E-state index is 13.6. The number of hydrogen-bond donors (Lipinski definition) is 0. The zero-order valence-corrected chi connectivity index (χ0v) is 17.8. The van der Waals surface area contributed by atoms with Crippen LogP contribution in [-0.2, 0) is 30.5 Å². The van der Waals surface area contributed by atoms with E-state index in [2.05, 4.69) is 5.16 Å². The number of nitrogens with zero attached hydrogens (tertiary/aromatic N) is 1. The molecule has 0 N–H and O–H groups in total. The van der Waals surface area contributed by atoms with Crippen LogP contribution in [0.15, 0.2) is 41.6 Å². The Morgan fingerprint density at radius 3 is 2.48 bits per heavy atom. The van der Waals surface area contributed by atoms with Gasteiger partial charge < -0.3 is 4.84 Å². The minimum absolute atomic E-state index is 0.0167. The van der Waals surface area contributed by atoms with Crippen LogP contribution in [0.1, 0.15) is 83.1 Å². The zero-order valence-electron chi connectivity index (χ0n) is 17.8. The summed E-state index contributed by atoms with van der Waals surface area (Å²) in [6.45, 7) is 1.97. The summed E-state index contributed by atoms with van der Waals surface area (Å²) in [5.41, 5.74) is 2.95. The summed E-state index contributed by atoms with van der Waals surface area (Å²) in [6, 6.07) is 10.1. The van der Waals surface area contributed by atoms with Gasteiger partial charge in [-0.25, -0.2) is 0 Å². The number of aryl methyl sites for hydroxylation is 1. The Morgan fingerprint density at radius 1 is 1.06 bits per heavy atom. The fourth-order valence-corrected chi connectivity index (χ4v) is 4.22. The minimum Gasteiger partial charge on any atom is -0.391 e. The van der Waals surface area contributed by atoms with Crippen molar-refractivity contribution in [3.05, 3.63) is 69.8 Å². The molecule has 3 nitrogen and oxygen atoms in total. The Kier molecular flexibility index (Phi) is 7.88. The first kappa shape index (κ1) is 23.0. The Balaban J connectivity index is 1.62. The van der Waals surface area contributed by atoms with Crippen LogP contribution in [0.2, 0.25) is 0 Å². The molecule has 1 fully saturated rings. The molecule has 0 heterocycles. The molecule has 1 aliphatic carbocycles. The average Bonchev–Trinajstić information content (AvgIpc) is 2.78. The third-order valence-electron chi connectivity index (χ3n) is 5.89. The van der Waals surface area contributed by atoms with Crippen molar-refractivity contribution < 1.29 is 22.8 Å². The summed E-state index contributed by atoms with van der Waals surface area (Å²) < 4.78 is 40.9. The maximum absolute atomic E-state index is 13.6. The standard InChI is InChI=1S/C25H28F3NO2/c1-2-20-14-18(8-10-22(20)16-30)12-13-29-31-17-19-9-11-23(21-6-4-3-5-7-21)24(15-19)25(26,27)28/h8-11,13-16,21H,2-7,12,17H2,1H3/b29-13+. The first-order valence-electron chi connectivity index (χ1n) is 10.8. The normalized spacial score (nSPS) is 15.4. The van der Waals surface area contributed by atoms with E-state index in [1.54, 1.807) is 24.4 Å². The van der Waals surface area contributed by atoms with Gasteiger partial charge in [0.15, 0.2) is 0 Å². The predicted octanol–water partition coefficient (Wildman–Crippen LogP) is 6.87. The van der Waals surface area contributed by atoms with E-state index in [0.29, 0.717) is 23.1 Å². The van der Waals surface area contributed by atoms with Crippen LogP contribution in [0.5, 0.6) is 0 Å². The van der Waals surface area contributed by atoms with Gasteiger partial charge in [0, 0.05) is 18.2 Å². The van der Waals surface area contributed by atoms with Crippen molar-refractivity contribution in [3.63, 3.8) is 0 Å². The molecule has 0 amide bonds. The largest absolute Gasteiger partial charge is 0.416 e. The molecule has 3 rings (SSSR count). The van der Waals surface area contributed by atoms with Crippen LogP contribution in [0.4, 0.5) is 13.2 Å². The van der Waals surface area contributed by atoms with Gasteiger partial charge in [-0.05, 0) is 53.5 Å². The highest BCUT2D eigenvalue weighted by Crippen LogP contribution is 2.41. The summed E-state index contributed by atoms with van der Waals surface area (Å²) >= 11 is 0. The lowest BCUT2D eigenvalue weighted by Gasteiger charge is -2.25. The van der Waals surface area contributed by atoms with Gasteiger partial charge >= 0.3 is 6.18 Å². The molecule has 1 aliphatic rings. The van der Waals surface area contributed by atoms with Crippen molar-refractivity contribution in [1.82, 2.24) is 0 Å². The van der Waals surface area contributed by atoms with Gasteiger partial charge in [-0.15, -0.1) is 0 Å². The highest BCUT2D eigenvalue weighted by Gasteiger charge is 2.35. The number of aldehydes is 1. The number of hydrogen-bond acceptors (Lipinski definition) is 3. The molecule has 0 radical (unpaired) electrons. The van der Waals surface area contributed by atoms with E-state index in [9.17, 15) is 18.0 Å². The SMILES string of the molecule is CCc1cc(C/C=N/OCc2ccc(C3CCCCC3)c(C(F)(F)F)c2)ccc1C=O. The maximum Gasteiger partial charge on any atom is 0.416 e. The number of carbonyl (C=O) groups excluding carboxylic acids is 1. The average molecular weight is 431 g/mol. The Bertz CT molecular complexity index is 915. The van der Waals surface area contributed by atoms with Gasteiger partial charge in [-0.3, -0.25) is 4.79 Å². The van der Waals surface area contributed by atoms with Crippen LogP contribution in [-0.4, -0.2) is 12.5 Å². The molecular weight excluding hydrogens is 403 g/mol. The lowest BCUT2D eigenvalue weighted by atomic mass is 9.81. The van der Waals surface area contributed by atoms with Crippen LogP contribution in [0, 0.1) is 0 Å². The van der Waals surface area contributed by atoms with E-state index in [-0.39, 0.29) is 12.5 Å². The third-order valence-corrected chi connectivity index (χ3v) is 5.89. The van der Waals surface area contributed by atoms with Gasteiger partial charge in [-0.2, -0.15) is 13.2 Å². The van der Waals surface area contributed by atoms with Crippen molar-refractivity contribution in [2.45, 2.75) is 70.6 Å². The molecule has 0 aromatic heterocycles. The Labute approximate surface area is 181 Å². The van der Waals surface area contributed by atoms with Crippen LogP contribution >= 0.6 is 0 Å². The van der Waals surface area contributed by atoms with Crippen molar-refractivity contribution in [2.75, 3.05) is 0 Å². The van der Waals surface area contributed by atoms with Crippen molar-refractivity contribution >= 4 is 12.5 Å². The summed E-state index contributed by atoms with van der Waals surface area (Å²) in [5, 5.41) is 3.89. The Hall–Kier alpha value is -2.63. The molecule has 0 atom stereocenters. The second-order valence-corrected chi connectivity index (χ2v) is 8.02. The predicted molar refractivity (Wildman–Crippen MR) is 115 cm³/mol. The quantitative estimate of drug-likeness (QED) is 0.260. The highest BCUT2D eigenvalue weighted by atomic mass is 19.4. The number of halogens is 3. The summed E-state index contributed by atoms with van der Waals surface area (Å²) in [4.78, 5) is 16.3. The Morgan fingerprint density at radius 2 is 1.81 bits per heavy atom. The van der Waals surface area contributed by atoms with Crippen molar-refractivity contribution in [1.29, 1.82) is 0 Å². The minimum atomic E-state index is -4.38. The van der Waals surface area contributed by atoms with Gasteiger partial charge in [-0.1, -0.05) is 61.7 Å². The van der Waals surface area contributed by atoms with Crippen LogP contribution < -0.4 is 0 Å². The van der Waals surface area contributed by atoms with E-state index in [0.717, 1.165) is 55.9 Å². The molecule has 31 heavy (non-hydrogen) atoms. The molecule has 0 aliphatic heterocycles.